The Labute approximate surface area is 127 Å². The van der Waals surface area contributed by atoms with E-state index in [1.54, 1.807) is 0 Å². The first-order chi connectivity index (χ1) is 10.3. The number of nitrogens with zero attached hydrogens (tertiary/aromatic N) is 2. The van der Waals surface area contributed by atoms with E-state index in [4.69, 9.17) is 9.72 Å². The number of benzene rings is 1. The fraction of sp³-hybridized carbons (Fsp3) is 0.588. The zero-order chi connectivity index (χ0) is 15.1. The molecule has 0 aliphatic rings. The largest absolute Gasteiger partial charge is 0.380 e. The fourth-order valence-electron chi connectivity index (χ4n) is 2.65. The molecule has 4 heteroatoms. The van der Waals surface area contributed by atoms with Crippen molar-refractivity contribution in [3.8, 4) is 0 Å². The van der Waals surface area contributed by atoms with Gasteiger partial charge in [0, 0.05) is 25.6 Å². The Morgan fingerprint density at radius 3 is 2.76 bits per heavy atom. The summed E-state index contributed by atoms with van der Waals surface area (Å²) in [7, 11) is 0. The van der Waals surface area contributed by atoms with E-state index in [0.717, 1.165) is 50.5 Å². The predicted molar refractivity (Wildman–Crippen MR) is 87.7 cm³/mol. The topological polar surface area (TPSA) is 39.1 Å². The molecule has 0 fully saturated rings. The lowest BCUT2D eigenvalue weighted by atomic mass is 10.2. The number of fused-ring (bicyclic) bond motifs is 1. The highest BCUT2D eigenvalue weighted by Gasteiger charge is 2.15. The van der Waals surface area contributed by atoms with E-state index in [0.29, 0.717) is 6.04 Å². The normalized spacial score (nSPS) is 12.9. The van der Waals surface area contributed by atoms with Gasteiger partial charge < -0.3 is 14.6 Å². The van der Waals surface area contributed by atoms with Crippen LogP contribution in [0.25, 0.3) is 11.0 Å². The standard InChI is InChI=1S/C17H27N3O/c1-4-11-18-14(13-21-6-3)12-17-19-15-9-7-8-10-16(15)20(17)5-2/h7-10,14,18H,4-6,11-13H2,1-3H3. The number of ether oxygens (including phenoxy) is 1. The number of hydrogen-bond donors (Lipinski definition) is 1. The monoisotopic (exact) mass is 289 g/mol. The van der Waals surface area contributed by atoms with Crippen LogP contribution in [0.4, 0.5) is 0 Å². The van der Waals surface area contributed by atoms with E-state index < -0.39 is 0 Å². The second-order valence-corrected chi connectivity index (χ2v) is 5.28. The molecule has 0 bridgehead atoms. The molecule has 1 aromatic carbocycles. The Hall–Kier alpha value is -1.39. The van der Waals surface area contributed by atoms with Crippen LogP contribution in [0.15, 0.2) is 24.3 Å². The van der Waals surface area contributed by atoms with Crippen LogP contribution >= 0.6 is 0 Å². The van der Waals surface area contributed by atoms with Gasteiger partial charge in [-0.25, -0.2) is 4.98 Å². The maximum absolute atomic E-state index is 5.61. The van der Waals surface area contributed by atoms with Crippen LogP contribution in [0, 0.1) is 0 Å². The zero-order valence-corrected chi connectivity index (χ0v) is 13.4. The van der Waals surface area contributed by atoms with Gasteiger partial charge in [0.15, 0.2) is 0 Å². The quantitative estimate of drug-likeness (QED) is 0.771. The summed E-state index contributed by atoms with van der Waals surface area (Å²) in [6, 6.07) is 8.68. The summed E-state index contributed by atoms with van der Waals surface area (Å²) in [6.07, 6.45) is 2.04. The van der Waals surface area contributed by atoms with Gasteiger partial charge in [0.25, 0.3) is 0 Å². The van der Waals surface area contributed by atoms with Crippen molar-refractivity contribution in [1.29, 1.82) is 0 Å². The lowest BCUT2D eigenvalue weighted by molar-refractivity contribution is 0.122. The van der Waals surface area contributed by atoms with Crippen molar-refractivity contribution in [1.82, 2.24) is 14.9 Å². The van der Waals surface area contributed by atoms with Crippen molar-refractivity contribution in [3.05, 3.63) is 30.1 Å². The summed E-state index contributed by atoms with van der Waals surface area (Å²) in [5, 5.41) is 3.57. The van der Waals surface area contributed by atoms with Crippen molar-refractivity contribution in [2.45, 2.75) is 46.2 Å². The molecule has 1 atom stereocenters. The van der Waals surface area contributed by atoms with E-state index in [1.165, 1.54) is 5.52 Å². The molecule has 1 unspecified atom stereocenters. The molecule has 0 aliphatic carbocycles. The molecular weight excluding hydrogens is 262 g/mol. The lowest BCUT2D eigenvalue weighted by Crippen LogP contribution is -2.36. The zero-order valence-electron chi connectivity index (χ0n) is 13.4. The molecule has 4 nitrogen and oxygen atoms in total. The van der Waals surface area contributed by atoms with E-state index >= 15 is 0 Å². The highest BCUT2D eigenvalue weighted by Crippen LogP contribution is 2.17. The molecule has 1 N–H and O–H groups in total. The van der Waals surface area contributed by atoms with E-state index in [2.05, 4.69) is 41.9 Å². The lowest BCUT2D eigenvalue weighted by Gasteiger charge is -2.18. The number of imidazole rings is 1. The first kappa shape index (κ1) is 16.0. The summed E-state index contributed by atoms with van der Waals surface area (Å²) in [5.74, 6) is 1.15. The van der Waals surface area contributed by atoms with Crippen molar-refractivity contribution < 1.29 is 4.74 Å². The summed E-state index contributed by atoms with van der Waals surface area (Å²) in [4.78, 5) is 4.81. The average Bonchev–Trinajstić information content (AvgIpc) is 2.86. The van der Waals surface area contributed by atoms with Crippen molar-refractivity contribution in [2.24, 2.45) is 0 Å². The minimum absolute atomic E-state index is 0.326. The summed E-state index contributed by atoms with van der Waals surface area (Å²) in [5.41, 5.74) is 2.31. The minimum atomic E-state index is 0.326. The van der Waals surface area contributed by atoms with Crippen molar-refractivity contribution in [3.63, 3.8) is 0 Å². The molecule has 116 valence electrons. The van der Waals surface area contributed by atoms with Gasteiger partial charge in [0.1, 0.15) is 5.82 Å². The third kappa shape index (κ3) is 4.05. The maximum Gasteiger partial charge on any atom is 0.111 e. The number of aromatic nitrogens is 2. The van der Waals surface area contributed by atoms with Crippen LogP contribution in [0.5, 0.6) is 0 Å². The highest BCUT2D eigenvalue weighted by molar-refractivity contribution is 5.75. The van der Waals surface area contributed by atoms with Crippen molar-refractivity contribution >= 4 is 11.0 Å². The number of rotatable bonds is 9. The Morgan fingerprint density at radius 2 is 2.05 bits per heavy atom. The summed E-state index contributed by atoms with van der Waals surface area (Å²) >= 11 is 0. The second-order valence-electron chi connectivity index (χ2n) is 5.28. The first-order valence-electron chi connectivity index (χ1n) is 8.05. The molecule has 0 saturated heterocycles. The summed E-state index contributed by atoms with van der Waals surface area (Å²) < 4.78 is 7.92. The van der Waals surface area contributed by atoms with E-state index in [-0.39, 0.29) is 0 Å². The average molecular weight is 289 g/mol. The molecule has 0 aliphatic heterocycles. The first-order valence-corrected chi connectivity index (χ1v) is 8.05. The Balaban J connectivity index is 2.18. The molecule has 21 heavy (non-hydrogen) atoms. The second kappa shape index (κ2) is 8.15. The Morgan fingerprint density at radius 1 is 1.24 bits per heavy atom. The predicted octanol–water partition coefficient (Wildman–Crippen LogP) is 3.00. The summed E-state index contributed by atoms with van der Waals surface area (Å²) in [6.45, 7) is 9.87. The maximum atomic E-state index is 5.61. The van der Waals surface area contributed by atoms with Gasteiger partial charge in [-0.05, 0) is 38.9 Å². The molecule has 0 spiro atoms. The molecule has 1 heterocycles. The third-order valence-corrected chi connectivity index (χ3v) is 3.68. The molecule has 2 rings (SSSR count). The van der Waals surface area contributed by atoms with Crippen LogP contribution in [0.1, 0.15) is 33.0 Å². The van der Waals surface area contributed by atoms with E-state index in [1.807, 2.05) is 13.0 Å². The number of hydrogen-bond acceptors (Lipinski definition) is 3. The fourth-order valence-corrected chi connectivity index (χ4v) is 2.65. The van der Waals surface area contributed by atoms with E-state index in [9.17, 15) is 0 Å². The van der Waals surface area contributed by atoms with Gasteiger partial charge in [-0.1, -0.05) is 19.1 Å². The smallest absolute Gasteiger partial charge is 0.111 e. The highest BCUT2D eigenvalue weighted by atomic mass is 16.5. The van der Waals surface area contributed by atoms with Crippen LogP contribution < -0.4 is 5.32 Å². The number of nitrogens with one attached hydrogen (secondary N) is 1. The molecule has 0 amide bonds. The molecule has 0 saturated carbocycles. The van der Waals surface area contributed by atoms with Gasteiger partial charge in [0.05, 0.1) is 17.6 Å². The van der Waals surface area contributed by atoms with Gasteiger partial charge in [-0.2, -0.15) is 0 Å². The number of aryl methyl sites for hydroxylation is 1. The molecule has 0 radical (unpaired) electrons. The van der Waals surface area contributed by atoms with Gasteiger partial charge in [-0.3, -0.25) is 0 Å². The van der Waals surface area contributed by atoms with Gasteiger partial charge in [-0.15, -0.1) is 0 Å². The minimum Gasteiger partial charge on any atom is -0.380 e. The van der Waals surface area contributed by atoms with Gasteiger partial charge >= 0.3 is 0 Å². The van der Waals surface area contributed by atoms with Crippen LogP contribution in [0.3, 0.4) is 0 Å². The van der Waals surface area contributed by atoms with Gasteiger partial charge in [0.2, 0.25) is 0 Å². The molecule has 2 aromatic rings. The van der Waals surface area contributed by atoms with Crippen LogP contribution in [-0.4, -0.2) is 35.4 Å². The molecular formula is C17H27N3O. The van der Waals surface area contributed by atoms with Crippen LogP contribution in [0.2, 0.25) is 0 Å². The third-order valence-electron chi connectivity index (χ3n) is 3.68. The Bertz CT molecular complexity index is 542. The number of para-hydroxylation sites is 2. The van der Waals surface area contributed by atoms with Crippen LogP contribution in [-0.2, 0) is 17.7 Å². The SMILES string of the molecule is CCCNC(COCC)Cc1nc2ccccc2n1CC. The Kier molecular flexibility index (Phi) is 6.21. The van der Waals surface area contributed by atoms with Crippen molar-refractivity contribution in [2.75, 3.05) is 19.8 Å². The molecule has 1 aromatic heterocycles.